The third-order valence-corrected chi connectivity index (χ3v) is 4.68. The average molecular weight is 290 g/mol. The normalized spacial score (nSPS) is 14.8. The molecule has 20 heavy (non-hydrogen) atoms. The van der Waals surface area contributed by atoms with Crippen LogP contribution in [0.4, 0.5) is 0 Å². The van der Waals surface area contributed by atoms with Crippen molar-refractivity contribution in [3.63, 3.8) is 0 Å². The second-order valence-electron chi connectivity index (χ2n) is 4.93. The fourth-order valence-corrected chi connectivity index (χ4v) is 3.46. The molecule has 0 aromatic heterocycles. The maximum absolute atomic E-state index is 8.66. The van der Waals surface area contributed by atoms with E-state index in [-0.39, 0.29) is 6.61 Å². The lowest BCUT2D eigenvalue weighted by Crippen LogP contribution is -2.04. The van der Waals surface area contributed by atoms with Crippen LogP contribution in [0.25, 0.3) is 0 Å². The lowest BCUT2D eigenvalue weighted by Gasteiger charge is -2.09. The van der Waals surface area contributed by atoms with E-state index in [1.54, 1.807) is 0 Å². The highest BCUT2D eigenvalue weighted by atomic mass is 32.2. The van der Waals surface area contributed by atoms with Crippen molar-refractivity contribution >= 4 is 11.8 Å². The molecule has 0 heterocycles. The summed E-state index contributed by atoms with van der Waals surface area (Å²) >= 11 is 2.05. The van der Waals surface area contributed by atoms with E-state index in [4.69, 9.17) is 9.84 Å². The molecule has 3 heteroatoms. The summed E-state index contributed by atoms with van der Waals surface area (Å²) in [6.45, 7) is 0.892. The van der Waals surface area contributed by atoms with Gasteiger partial charge in [-0.2, -0.15) is 11.8 Å². The summed E-state index contributed by atoms with van der Waals surface area (Å²) in [5, 5.41) is 9.53. The standard InChI is InChI=1S/C17H22O2S/c18-12-4-3-5-15-8-10-16(11-9-15)19-13-14-20-17-6-1-2-7-17/h8-11,17-18H,1-2,4,6-7,12-14H2. The molecule has 0 bridgehead atoms. The third-order valence-electron chi connectivity index (χ3n) is 3.33. The van der Waals surface area contributed by atoms with Gasteiger partial charge in [0.2, 0.25) is 0 Å². The van der Waals surface area contributed by atoms with Gasteiger partial charge in [-0.15, -0.1) is 0 Å². The highest BCUT2D eigenvalue weighted by Crippen LogP contribution is 2.29. The summed E-state index contributed by atoms with van der Waals surface area (Å²) in [7, 11) is 0. The zero-order valence-electron chi connectivity index (χ0n) is 11.8. The van der Waals surface area contributed by atoms with E-state index in [9.17, 15) is 0 Å². The predicted molar refractivity (Wildman–Crippen MR) is 85.2 cm³/mol. The van der Waals surface area contributed by atoms with Gasteiger partial charge in [0.15, 0.2) is 0 Å². The van der Waals surface area contributed by atoms with Gasteiger partial charge >= 0.3 is 0 Å². The molecule has 1 saturated carbocycles. The average Bonchev–Trinajstić information content (AvgIpc) is 2.99. The third kappa shape index (κ3) is 5.48. The Morgan fingerprint density at radius 1 is 1.20 bits per heavy atom. The molecular formula is C17H22O2S. The van der Waals surface area contributed by atoms with E-state index in [1.807, 2.05) is 36.0 Å². The first kappa shape index (κ1) is 15.3. The van der Waals surface area contributed by atoms with Crippen LogP contribution in [0.3, 0.4) is 0 Å². The molecule has 2 nitrogen and oxygen atoms in total. The van der Waals surface area contributed by atoms with Gasteiger partial charge in [0.05, 0.1) is 13.2 Å². The monoisotopic (exact) mass is 290 g/mol. The van der Waals surface area contributed by atoms with Gasteiger partial charge in [0, 0.05) is 23.0 Å². The fourth-order valence-electron chi connectivity index (χ4n) is 2.28. The van der Waals surface area contributed by atoms with E-state index >= 15 is 0 Å². The highest BCUT2D eigenvalue weighted by molar-refractivity contribution is 7.99. The Balaban J connectivity index is 1.67. The van der Waals surface area contributed by atoms with Crippen LogP contribution in [0.1, 0.15) is 37.7 Å². The van der Waals surface area contributed by atoms with Crippen LogP contribution in [0.15, 0.2) is 24.3 Å². The molecule has 1 aromatic rings. The maximum Gasteiger partial charge on any atom is 0.119 e. The number of ether oxygens (including phenoxy) is 1. The van der Waals surface area contributed by atoms with Crippen molar-refractivity contribution in [2.75, 3.05) is 19.0 Å². The Morgan fingerprint density at radius 2 is 1.95 bits per heavy atom. The molecule has 1 fully saturated rings. The summed E-state index contributed by atoms with van der Waals surface area (Å²) < 4.78 is 5.74. The van der Waals surface area contributed by atoms with Crippen molar-refractivity contribution in [3.05, 3.63) is 29.8 Å². The Hall–Kier alpha value is -1.11. The number of hydrogen-bond donors (Lipinski definition) is 1. The SMILES string of the molecule is OCCC#Cc1ccc(OCCSC2CCCC2)cc1. The molecule has 2 rings (SSSR count). The second-order valence-corrected chi connectivity index (χ2v) is 6.33. The summed E-state index contributed by atoms with van der Waals surface area (Å²) in [5.41, 5.74) is 0.964. The van der Waals surface area contributed by atoms with Crippen LogP contribution >= 0.6 is 11.8 Å². The largest absolute Gasteiger partial charge is 0.493 e. The zero-order chi connectivity index (χ0) is 14.0. The summed E-state index contributed by atoms with van der Waals surface area (Å²) in [5.74, 6) is 7.90. The lowest BCUT2D eigenvalue weighted by molar-refractivity contribution is 0.305. The molecule has 1 aliphatic carbocycles. The lowest BCUT2D eigenvalue weighted by atomic mass is 10.2. The highest BCUT2D eigenvalue weighted by Gasteiger charge is 2.14. The van der Waals surface area contributed by atoms with Crippen molar-refractivity contribution in [2.24, 2.45) is 0 Å². The van der Waals surface area contributed by atoms with Gasteiger partial charge < -0.3 is 9.84 Å². The molecule has 108 valence electrons. The number of thioether (sulfide) groups is 1. The van der Waals surface area contributed by atoms with Crippen LogP contribution < -0.4 is 4.74 Å². The van der Waals surface area contributed by atoms with E-state index in [1.165, 1.54) is 25.7 Å². The number of benzene rings is 1. The molecular weight excluding hydrogens is 268 g/mol. The van der Waals surface area contributed by atoms with E-state index in [0.29, 0.717) is 6.42 Å². The van der Waals surface area contributed by atoms with Crippen molar-refractivity contribution in [1.29, 1.82) is 0 Å². The Bertz CT molecular complexity index is 438. The molecule has 0 spiro atoms. The van der Waals surface area contributed by atoms with Crippen LogP contribution in [0, 0.1) is 11.8 Å². The van der Waals surface area contributed by atoms with Gasteiger partial charge in [-0.1, -0.05) is 24.7 Å². The predicted octanol–water partition coefficient (Wildman–Crippen LogP) is 3.48. The summed E-state index contributed by atoms with van der Waals surface area (Å²) in [6.07, 6.45) is 6.09. The molecule has 0 amide bonds. The first-order valence-electron chi connectivity index (χ1n) is 7.32. The van der Waals surface area contributed by atoms with Crippen molar-refractivity contribution in [1.82, 2.24) is 0 Å². The fraction of sp³-hybridized carbons (Fsp3) is 0.529. The Kier molecular flexibility index (Phi) is 6.83. The number of hydrogen-bond acceptors (Lipinski definition) is 3. The first-order chi connectivity index (χ1) is 9.88. The molecule has 1 N–H and O–H groups in total. The Morgan fingerprint density at radius 3 is 2.65 bits per heavy atom. The molecule has 1 aromatic carbocycles. The quantitative estimate of drug-likeness (QED) is 0.642. The summed E-state index contributed by atoms with van der Waals surface area (Å²) in [6, 6.07) is 7.85. The van der Waals surface area contributed by atoms with E-state index in [2.05, 4.69) is 11.8 Å². The van der Waals surface area contributed by atoms with Crippen LogP contribution in [0.5, 0.6) is 5.75 Å². The van der Waals surface area contributed by atoms with Crippen molar-refractivity contribution < 1.29 is 9.84 Å². The van der Waals surface area contributed by atoms with Gasteiger partial charge in [-0.25, -0.2) is 0 Å². The first-order valence-corrected chi connectivity index (χ1v) is 8.37. The van der Waals surface area contributed by atoms with Crippen LogP contribution in [-0.4, -0.2) is 29.3 Å². The molecule has 0 saturated heterocycles. The van der Waals surface area contributed by atoms with E-state index in [0.717, 1.165) is 28.9 Å². The van der Waals surface area contributed by atoms with Gasteiger partial charge in [-0.3, -0.25) is 0 Å². The Labute approximate surface area is 125 Å². The minimum Gasteiger partial charge on any atom is -0.493 e. The van der Waals surface area contributed by atoms with E-state index < -0.39 is 0 Å². The molecule has 0 atom stereocenters. The van der Waals surface area contributed by atoms with Gasteiger partial charge in [0.25, 0.3) is 0 Å². The van der Waals surface area contributed by atoms with Gasteiger partial charge in [-0.05, 0) is 37.1 Å². The zero-order valence-corrected chi connectivity index (χ0v) is 12.6. The molecule has 0 radical (unpaired) electrons. The van der Waals surface area contributed by atoms with Crippen LogP contribution in [-0.2, 0) is 0 Å². The van der Waals surface area contributed by atoms with Crippen LogP contribution in [0.2, 0.25) is 0 Å². The topological polar surface area (TPSA) is 29.5 Å². The number of aliphatic hydroxyl groups excluding tert-OH is 1. The van der Waals surface area contributed by atoms with Gasteiger partial charge in [0.1, 0.15) is 5.75 Å². The molecule has 0 unspecified atom stereocenters. The minimum atomic E-state index is 0.118. The minimum absolute atomic E-state index is 0.118. The second kappa shape index (κ2) is 8.94. The number of rotatable bonds is 6. The van der Waals surface area contributed by atoms with Crippen molar-refractivity contribution in [3.8, 4) is 17.6 Å². The summed E-state index contributed by atoms with van der Waals surface area (Å²) in [4.78, 5) is 0. The smallest absolute Gasteiger partial charge is 0.119 e. The number of aliphatic hydroxyl groups is 1. The maximum atomic E-state index is 8.66. The molecule has 1 aliphatic rings. The van der Waals surface area contributed by atoms with Crippen molar-refractivity contribution in [2.45, 2.75) is 37.4 Å². The molecule has 0 aliphatic heterocycles.